The van der Waals surface area contributed by atoms with E-state index < -0.39 is 11.5 Å². The van der Waals surface area contributed by atoms with Gasteiger partial charge in [0.25, 0.3) is 0 Å². The molecule has 0 spiro atoms. The average Bonchev–Trinajstić information content (AvgIpc) is 2.27. The van der Waals surface area contributed by atoms with Gasteiger partial charge in [-0.2, -0.15) is 0 Å². The van der Waals surface area contributed by atoms with Gasteiger partial charge in [-0.05, 0) is 20.8 Å². The first-order valence-corrected chi connectivity index (χ1v) is 5.62. The molecule has 96 valence electrons. The van der Waals surface area contributed by atoms with Crippen LogP contribution in [0.2, 0.25) is 0 Å². The second kappa shape index (κ2) is 5.49. The van der Waals surface area contributed by atoms with Crippen molar-refractivity contribution in [1.29, 1.82) is 0 Å². The number of aliphatic carboxylic acids is 1. The summed E-state index contributed by atoms with van der Waals surface area (Å²) < 4.78 is 0. The Balaban J connectivity index is 2.97. The third-order valence-electron chi connectivity index (χ3n) is 2.07. The zero-order chi connectivity index (χ0) is 13.8. The number of hydrogen-bond donors (Lipinski definition) is 2. The SMILES string of the molecule is CC(C)(C)NC(=CC(=O)c1ccccc1)C(=O)O. The summed E-state index contributed by atoms with van der Waals surface area (Å²) in [5.41, 5.74) is -0.0513. The molecule has 0 atom stereocenters. The average molecular weight is 247 g/mol. The van der Waals surface area contributed by atoms with Gasteiger partial charge in [-0.3, -0.25) is 4.79 Å². The second-order valence-corrected chi connectivity index (χ2v) is 4.97. The van der Waals surface area contributed by atoms with Crippen molar-refractivity contribution in [3.8, 4) is 0 Å². The zero-order valence-electron chi connectivity index (χ0n) is 10.7. The maximum atomic E-state index is 11.9. The van der Waals surface area contributed by atoms with Gasteiger partial charge in [0.1, 0.15) is 5.70 Å². The highest BCUT2D eigenvalue weighted by Crippen LogP contribution is 2.07. The molecular formula is C14H17NO3. The fourth-order valence-corrected chi connectivity index (χ4v) is 1.37. The number of hydrogen-bond acceptors (Lipinski definition) is 3. The number of carbonyl (C=O) groups is 2. The van der Waals surface area contributed by atoms with E-state index in [0.717, 1.165) is 6.08 Å². The number of carboxylic acid groups (broad SMARTS) is 1. The second-order valence-electron chi connectivity index (χ2n) is 4.97. The van der Waals surface area contributed by atoms with E-state index >= 15 is 0 Å². The fourth-order valence-electron chi connectivity index (χ4n) is 1.37. The molecule has 0 fully saturated rings. The molecule has 4 nitrogen and oxygen atoms in total. The van der Waals surface area contributed by atoms with Crippen LogP contribution in [0.3, 0.4) is 0 Å². The van der Waals surface area contributed by atoms with Crippen LogP contribution < -0.4 is 5.32 Å². The molecule has 2 N–H and O–H groups in total. The molecule has 0 heterocycles. The Morgan fingerprint density at radius 1 is 1.17 bits per heavy atom. The van der Waals surface area contributed by atoms with Crippen molar-refractivity contribution in [3.05, 3.63) is 47.7 Å². The normalized spacial score (nSPS) is 12.1. The summed E-state index contributed by atoms with van der Waals surface area (Å²) in [4.78, 5) is 22.9. The predicted octanol–water partition coefficient (Wildman–Crippen LogP) is 2.23. The van der Waals surface area contributed by atoms with Crippen molar-refractivity contribution in [3.63, 3.8) is 0 Å². The van der Waals surface area contributed by atoms with Gasteiger partial charge in [0.15, 0.2) is 5.78 Å². The Bertz CT molecular complexity index is 470. The smallest absolute Gasteiger partial charge is 0.352 e. The molecule has 0 amide bonds. The van der Waals surface area contributed by atoms with Gasteiger partial charge in [-0.25, -0.2) is 4.79 Å². The topological polar surface area (TPSA) is 66.4 Å². The summed E-state index contributed by atoms with van der Waals surface area (Å²) in [5.74, 6) is -1.47. The van der Waals surface area contributed by atoms with Crippen molar-refractivity contribution in [2.24, 2.45) is 0 Å². The molecule has 0 saturated carbocycles. The van der Waals surface area contributed by atoms with Gasteiger partial charge in [0.2, 0.25) is 0 Å². The highest BCUT2D eigenvalue weighted by atomic mass is 16.4. The lowest BCUT2D eigenvalue weighted by Crippen LogP contribution is -2.38. The van der Waals surface area contributed by atoms with E-state index in [1.54, 1.807) is 30.3 Å². The van der Waals surface area contributed by atoms with E-state index in [0.29, 0.717) is 5.56 Å². The van der Waals surface area contributed by atoms with E-state index in [9.17, 15) is 9.59 Å². The largest absolute Gasteiger partial charge is 0.477 e. The number of benzene rings is 1. The Morgan fingerprint density at radius 3 is 2.17 bits per heavy atom. The number of allylic oxidation sites excluding steroid dienone is 1. The van der Waals surface area contributed by atoms with Crippen LogP contribution in [0.25, 0.3) is 0 Å². The van der Waals surface area contributed by atoms with Crippen LogP contribution in [0.15, 0.2) is 42.1 Å². The van der Waals surface area contributed by atoms with Crippen molar-refractivity contribution < 1.29 is 14.7 Å². The van der Waals surface area contributed by atoms with Crippen molar-refractivity contribution in [2.45, 2.75) is 26.3 Å². The zero-order valence-corrected chi connectivity index (χ0v) is 10.7. The van der Waals surface area contributed by atoms with E-state index in [1.165, 1.54) is 0 Å². The van der Waals surface area contributed by atoms with Crippen LogP contribution in [0.1, 0.15) is 31.1 Å². The molecular weight excluding hydrogens is 230 g/mol. The number of rotatable bonds is 4. The van der Waals surface area contributed by atoms with Gasteiger partial charge in [0.05, 0.1) is 0 Å². The Morgan fingerprint density at radius 2 is 1.72 bits per heavy atom. The Kier molecular flexibility index (Phi) is 4.26. The number of carboxylic acids is 1. The molecule has 0 aliphatic carbocycles. The number of nitrogens with one attached hydrogen (secondary N) is 1. The first kappa shape index (κ1) is 14.0. The Hall–Kier alpha value is -2.10. The van der Waals surface area contributed by atoms with E-state index in [1.807, 2.05) is 20.8 Å². The quantitative estimate of drug-likeness (QED) is 0.632. The first-order chi connectivity index (χ1) is 8.29. The predicted molar refractivity (Wildman–Crippen MR) is 69.4 cm³/mol. The van der Waals surface area contributed by atoms with Crippen LogP contribution in [-0.2, 0) is 4.79 Å². The minimum absolute atomic E-state index is 0.101. The summed E-state index contributed by atoms with van der Waals surface area (Å²) in [5, 5.41) is 11.8. The molecule has 1 aromatic rings. The van der Waals surface area contributed by atoms with Crippen LogP contribution in [0.5, 0.6) is 0 Å². The Labute approximate surface area is 106 Å². The molecule has 0 aliphatic heterocycles. The molecule has 4 heteroatoms. The molecule has 1 rings (SSSR count). The molecule has 1 aromatic carbocycles. The maximum absolute atomic E-state index is 11.9. The lowest BCUT2D eigenvalue weighted by molar-refractivity contribution is -0.133. The van der Waals surface area contributed by atoms with E-state index in [4.69, 9.17) is 5.11 Å². The maximum Gasteiger partial charge on any atom is 0.352 e. The van der Waals surface area contributed by atoms with Crippen molar-refractivity contribution in [2.75, 3.05) is 0 Å². The summed E-state index contributed by atoms with van der Waals surface area (Å²) in [6, 6.07) is 8.56. The van der Waals surface area contributed by atoms with Crippen LogP contribution in [0.4, 0.5) is 0 Å². The number of carbonyl (C=O) groups excluding carboxylic acids is 1. The lowest BCUT2D eigenvalue weighted by Gasteiger charge is -2.22. The molecule has 0 unspecified atom stereocenters. The lowest BCUT2D eigenvalue weighted by atomic mass is 10.1. The summed E-state index contributed by atoms with van der Waals surface area (Å²) in [6.45, 7) is 5.49. The standard InChI is InChI=1S/C14H17NO3/c1-14(2,3)15-11(13(17)18)9-12(16)10-7-5-4-6-8-10/h4-9,15H,1-3H3,(H,17,18). The van der Waals surface area contributed by atoms with E-state index in [-0.39, 0.29) is 11.5 Å². The van der Waals surface area contributed by atoms with Crippen LogP contribution >= 0.6 is 0 Å². The summed E-state index contributed by atoms with van der Waals surface area (Å²) >= 11 is 0. The molecule has 0 radical (unpaired) electrons. The first-order valence-electron chi connectivity index (χ1n) is 5.62. The fraction of sp³-hybridized carbons (Fsp3) is 0.286. The van der Waals surface area contributed by atoms with Gasteiger partial charge in [-0.15, -0.1) is 0 Å². The highest BCUT2D eigenvalue weighted by Gasteiger charge is 2.17. The van der Waals surface area contributed by atoms with E-state index in [2.05, 4.69) is 5.32 Å². The summed E-state index contributed by atoms with van der Waals surface area (Å²) in [7, 11) is 0. The van der Waals surface area contributed by atoms with Gasteiger partial charge in [0, 0.05) is 17.2 Å². The third-order valence-corrected chi connectivity index (χ3v) is 2.07. The van der Waals surface area contributed by atoms with Gasteiger partial charge >= 0.3 is 5.97 Å². The summed E-state index contributed by atoms with van der Waals surface area (Å²) in [6.07, 6.45) is 1.11. The minimum Gasteiger partial charge on any atom is -0.477 e. The molecule has 0 saturated heterocycles. The van der Waals surface area contributed by atoms with Crippen molar-refractivity contribution in [1.82, 2.24) is 5.32 Å². The molecule has 0 aliphatic rings. The van der Waals surface area contributed by atoms with Gasteiger partial charge in [-0.1, -0.05) is 30.3 Å². The molecule has 0 bridgehead atoms. The molecule has 18 heavy (non-hydrogen) atoms. The van der Waals surface area contributed by atoms with Crippen LogP contribution in [0, 0.1) is 0 Å². The van der Waals surface area contributed by atoms with Gasteiger partial charge < -0.3 is 10.4 Å². The van der Waals surface area contributed by atoms with Crippen molar-refractivity contribution >= 4 is 11.8 Å². The third kappa shape index (κ3) is 4.41. The number of ketones is 1. The minimum atomic E-state index is -1.14. The highest BCUT2D eigenvalue weighted by molar-refractivity contribution is 6.08. The van der Waals surface area contributed by atoms with Crippen LogP contribution in [-0.4, -0.2) is 22.4 Å². The molecule has 0 aromatic heterocycles. The monoisotopic (exact) mass is 247 g/mol.